The second-order valence-electron chi connectivity index (χ2n) is 4.95. The maximum atomic E-state index is 14.3. The van der Waals surface area contributed by atoms with Gasteiger partial charge in [-0.25, -0.2) is 9.82 Å². The second-order valence-corrected chi connectivity index (χ2v) is 5.35. The van der Waals surface area contributed by atoms with Gasteiger partial charge >= 0.3 is 0 Å². The molecule has 1 unspecified atom stereocenters. The highest BCUT2D eigenvalue weighted by Crippen LogP contribution is 2.33. The van der Waals surface area contributed by atoms with Crippen molar-refractivity contribution in [3.05, 3.63) is 64.4 Å². The van der Waals surface area contributed by atoms with Gasteiger partial charge in [-0.1, -0.05) is 41.9 Å². The molecule has 1 atom stereocenters. The number of halogens is 2. The first-order valence-corrected chi connectivity index (χ1v) is 7.08. The molecule has 0 heterocycles. The maximum Gasteiger partial charge on any atom is 0.146 e. The Bertz CT molecular complexity index is 619. The van der Waals surface area contributed by atoms with E-state index < -0.39 is 11.9 Å². The van der Waals surface area contributed by atoms with E-state index in [4.69, 9.17) is 22.2 Å². The molecule has 0 bridgehead atoms. The summed E-state index contributed by atoms with van der Waals surface area (Å²) in [7, 11) is 0. The highest BCUT2D eigenvalue weighted by atomic mass is 35.5. The Kier molecular flexibility index (Phi) is 5.17. The van der Waals surface area contributed by atoms with Crippen LogP contribution in [0.25, 0.3) is 0 Å². The van der Waals surface area contributed by atoms with E-state index in [9.17, 15) is 4.39 Å². The predicted octanol–water partition coefficient (Wildman–Crippen LogP) is 3.82. The fourth-order valence-corrected chi connectivity index (χ4v) is 2.35. The molecule has 0 aliphatic heterocycles. The van der Waals surface area contributed by atoms with Gasteiger partial charge in [0, 0.05) is 11.1 Å². The molecular formula is C16H18ClFN2O. The minimum atomic E-state index is -0.543. The Balaban J connectivity index is 2.49. The predicted molar refractivity (Wildman–Crippen MR) is 82.8 cm³/mol. The molecule has 2 aromatic rings. The zero-order valence-electron chi connectivity index (χ0n) is 11.9. The second kappa shape index (κ2) is 6.89. The number of nitrogens with two attached hydrogens (primary N) is 1. The van der Waals surface area contributed by atoms with Crippen molar-refractivity contribution in [3.8, 4) is 5.75 Å². The minimum absolute atomic E-state index is 0.00813. The van der Waals surface area contributed by atoms with E-state index in [1.54, 1.807) is 12.1 Å². The molecule has 5 heteroatoms. The Morgan fingerprint density at radius 3 is 2.43 bits per heavy atom. The van der Waals surface area contributed by atoms with Crippen molar-refractivity contribution >= 4 is 11.6 Å². The maximum absolute atomic E-state index is 14.3. The number of rotatable bonds is 5. The Morgan fingerprint density at radius 2 is 1.76 bits per heavy atom. The Morgan fingerprint density at radius 1 is 1.10 bits per heavy atom. The molecule has 2 aromatic carbocycles. The van der Waals surface area contributed by atoms with Crippen molar-refractivity contribution in [2.45, 2.75) is 26.0 Å². The summed E-state index contributed by atoms with van der Waals surface area (Å²) in [5.41, 5.74) is 3.78. The molecule has 0 fully saturated rings. The van der Waals surface area contributed by atoms with Crippen LogP contribution in [0.3, 0.4) is 0 Å². The van der Waals surface area contributed by atoms with E-state index in [0.717, 1.165) is 5.56 Å². The quantitative estimate of drug-likeness (QED) is 0.652. The van der Waals surface area contributed by atoms with E-state index in [2.05, 4.69) is 5.43 Å². The van der Waals surface area contributed by atoms with Crippen LogP contribution in [0.15, 0.2) is 42.5 Å². The van der Waals surface area contributed by atoms with Crippen molar-refractivity contribution in [1.29, 1.82) is 0 Å². The van der Waals surface area contributed by atoms with E-state index >= 15 is 0 Å². The van der Waals surface area contributed by atoms with E-state index in [0.29, 0.717) is 11.3 Å². The largest absolute Gasteiger partial charge is 0.491 e. The van der Waals surface area contributed by atoms with Crippen LogP contribution in [0.5, 0.6) is 5.75 Å². The van der Waals surface area contributed by atoms with Crippen LogP contribution in [0.2, 0.25) is 5.02 Å². The van der Waals surface area contributed by atoms with Gasteiger partial charge in [-0.2, -0.15) is 0 Å². The lowest BCUT2D eigenvalue weighted by Crippen LogP contribution is -2.30. The average Bonchev–Trinajstić information content (AvgIpc) is 2.45. The van der Waals surface area contributed by atoms with Crippen LogP contribution >= 0.6 is 11.6 Å². The molecule has 3 N–H and O–H groups in total. The molecule has 0 amide bonds. The summed E-state index contributed by atoms with van der Waals surface area (Å²) < 4.78 is 20.0. The highest BCUT2D eigenvalue weighted by molar-refractivity contribution is 6.30. The summed E-state index contributed by atoms with van der Waals surface area (Å²) in [4.78, 5) is 0. The molecule has 112 valence electrons. The normalized spacial score (nSPS) is 12.5. The number of hydrazine groups is 1. The molecule has 0 aromatic heterocycles. The van der Waals surface area contributed by atoms with Crippen molar-refractivity contribution in [2.24, 2.45) is 5.84 Å². The van der Waals surface area contributed by atoms with Gasteiger partial charge in [0.2, 0.25) is 0 Å². The average molecular weight is 309 g/mol. The van der Waals surface area contributed by atoms with Crippen molar-refractivity contribution in [3.63, 3.8) is 0 Å². The molecule has 0 saturated heterocycles. The smallest absolute Gasteiger partial charge is 0.146 e. The first-order valence-electron chi connectivity index (χ1n) is 6.70. The summed E-state index contributed by atoms with van der Waals surface area (Å²) in [5.74, 6) is 5.82. The number of para-hydroxylation sites is 1. The molecule has 0 saturated carbocycles. The molecule has 0 aliphatic rings. The molecule has 0 spiro atoms. The van der Waals surface area contributed by atoms with Gasteiger partial charge in [0.15, 0.2) is 0 Å². The van der Waals surface area contributed by atoms with Crippen molar-refractivity contribution in [2.75, 3.05) is 0 Å². The highest BCUT2D eigenvalue weighted by Gasteiger charge is 2.21. The van der Waals surface area contributed by atoms with Crippen molar-refractivity contribution < 1.29 is 9.13 Å². The lowest BCUT2D eigenvalue weighted by atomic mass is 9.98. The molecule has 21 heavy (non-hydrogen) atoms. The SMILES string of the molecule is CC(C)Oc1ccccc1C(NN)c1cccc(Cl)c1F. The van der Waals surface area contributed by atoms with Gasteiger partial charge in [-0.3, -0.25) is 5.84 Å². The standard InChI is InChI=1S/C16H18ClFN2O/c1-10(2)21-14-9-4-3-6-11(14)16(20-19)12-7-5-8-13(17)15(12)18/h3-10,16,20H,19H2,1-2H3. The summed E-state index contributed by atoms with van der Waals surface area (Å²) in [6, 6.07) is 11.7. The summed E-state index contributed by atoms with van der Waals surface area (Å²) >= 11 is 5.85. The van der Waals surface area contributed by atoms with Gasteiger partial charge in [-0.05, 0) is 26.0 Å². The minimum Gasteiger partial charge on any atom is -0.491 e. The summed E-state index contributed by atoms with van der Waals surface area (Å²) in [5, 5.41) is 0.0648. The van der Waals surface area contributed by atoms with Crippen LogP contribution in [0.1, 0.15) is 31.0 Å². The lowest BCUT2D eigenvalue weighted by molar-refractivity contribution is 0.238. The van der Waals surface area contributed by atoms with Crippen LogP contribution < -0.4 is 16.0 Å². The third kappa shape index (κ3) is 3.53. The molecule has 3 nitrogen and oxygen atoms in total. The van der Waals surface area contributed by atoms with Gasteiger partial charge in [0.25, 0.3) is 0 Å². The van der Waals surface area contributed by atoms with Gasteiger partial charge in [-0.15, -0.1) is 0 Å². The van der Waals surface area contributed by atoms with Gasteiger partial charge in [0.1, 0.15) is 11.6 Å². The Hall–Kier alpha value is -1.62. The zero-order chi connectivity index (χ0) is 15.4. The zero-order valence-corrected chi connectivity index (χ0v) is 12.7. The fourth-order valence-electron chi connectivity index (χ4n) is 2.17. The van der Waals surface area contributed by atoms with Crippen LogP contribution in [-0.4, -0.2) is 6.10 Å². The third-order valence-corrected chi connectivity index (χ3v) is 3.34. The van der Waals surface area contributed by atoms with E-state index in [1.807, 2.05) is 38.1 Å². The number of hydrogen-bond donors (Lipinski definition) is 2. The molecule has 0 radical (unpaired) electrons. The summed E-state index contributed by atoms with van der Waals surface area (Å²) in [6.07, 6.45) is 0.00813. The van der Waals surface area contributed by atoms with E-state index in [1.165, 1.54) is 6.07 Å². The van der Waals surface area contributed by atoms with Gasteiger partial charge < -0.3 is 4.74 Å². The van der Waals surface area contributed by atoms with Crippen molar-refractivity contribution in [1.82, 2.24) is 5.43 Å². The first kappa shape index (κ1) is 15.8. The van der Waals surface area contributed by atoms with Crippen LogP contribution in [0.4, 0.5) is 4.39 Å². The number of ether oxygens (including phenoxy) is 1. The third-order valence-electron chi connectivity index (χ3n) is 3.05. The fraction of sp³-hybridized carbons (Fsp3) is 0.250. The first-order chi connectivity index (χ1) is 10.0. The summed E-state index contributed by atoms with van der Waals surface area (Å²) in [6.45, 7) is 3.86. The lowest BCUT2D eigenvalue weighted by Gasteiger charge is -2.22. The number of hydrogen-bond acceptors (Lipinski definition) is 3. The number of nitrogens with one attached hydrogen (secondary N) is 1. The molecule has 0 aliphatic carbocycles. The van der Waals surface area contributed by atoms with Crippen LogP contribution in [-0.2, 0) is 0 Å². The molecule has 2 rings (SSSR count). The molecular weight excluding hydrogens is 291 g/mol. The van der Waals surface area contributed by atoms with Crippen LogP contribution in [0, 0.1) is 5.82 Å². The monoisotopic (exact) mass is 308 g/mol. The number of benzene rings is 2. The van der Waals surface area contributed by atoms with E-state index in [-0.39, 0.29) is 11.1 Å². The Labute approximate surface area is 128 Å². The topological polar surface area (TPSA) is 47.3 Å². The van der Waals surface area contributed by atoms with Gasteiger partial charge in [0.05, 0.1) is 17.2 Å².